The Kier molecular flexibility index (Phi) is 7.57. The van der Waals surface area contributed by atoms with E-state index in [2.05, 4.69) is 25.3 Å². The third kappa shape index (κ3) is 6.01. The molecule has 1 amide bonds. The summed E-state index contributed by atoms with van der Waals surface area (Å²) >= 11 is 0. The zero-order chi connectivity index (χ0) is 24.1. The average Bonchev–Trinajstić information content (AvgIpc) is 3.03. The fourth-order valence-corrected chi connectivity index (χ4v) is 4.54. The van der Waals surface area contributed by atoms with Gasteiger partial charge >= 0.3 is 6.18 Å². The summed E-state index contributed by atoms with van der Waals surface area (Å²) in [6.07, 6.45) is -1.43. The standard InChI is InChI=1S/C21H24F3N5O3S/c1-2-3-9-16(28-18-14-7-4-5-10-17(14)33(31,32)29-18)20(30)27-13-12-26-19-15(21(22,23)24)8-6-11-25-19/h4-8,10-11,16H,2-3,9,12-13H2,1H3,(H,25,26)(H,27,30)(H,28,29). The molecule has 1 aliphatic heterocycles. The molecule has 0 saturated carbocycles. The Morgan fingerprint density at radius 3 is 2.67 bits per heavy atom. The van der Waals surface area contributed by atoms with Gasteiger partial charge in [0.25, 0.3) is 10.0 Å². The quantitative estimate of drug-likeness (QED) is 0.475. The Hall–Kier alpha value is -3.15. The Morgan fingerprint density at radius 1 is 1.18 bits per heavy atom. The lowest BCUT2D eigenvalue weighted by Gasteiger charge is -2.15. The van der Waals surface area contributed by atoms with Crippen LogP contribution in [-0.4, -0.2) is 44.3 Å². The van der Waals surface area contributed by atoms with Crippen LogP contribution in [0.3, 0.4) is 0 Å². The summed E-state index contributed by atoms with van der Waals surface area (Å²) in [6, 6.07) is 7.61. The van der Waals surface area contributed by atoms with Crippen LogP contribution in [0.2, 0.25) is 0 Å². The number of halogens is 3. The summed E-state index contributed by atoms with van der Waals surface area (Å²) < 4.78 is 66.1. The molecule has 0 spiro atoms. The number of anilines is 1. The highest BCUT2D eigenvalue weighted by Crippen LogP contribution is 2.33. The number of nitrogens with zero attached hydrogens (tertiary/aromatic N) is 2. The number of aliphatic imine (C=N–C) groups is 1. The second kappa shape index (κ2) is 10.2. The Labute approximate surface area is 189 Å². The van der Waals surface area contributed by atoms with Crippen LogP contribution >= 0.6 is 0 Å². The molecule has 1 aromatic carbocycles. The average molecular weight is 484 g/mol. The van der Waals surface area contributed by atoms with Gasteiger partial charge in [-0.3, -0.25) is 14.5 Å². The minimum Gasteiger partial charge on any atom is -0.368 e. The Bertz CT molecular complexity index is 1140. The molecular formula is C21H24F3N5O3S. The molecule has 0 bridgehead atoms. The maximum Gasteiger partial charge on any atom is 0.419 e. The van der Waals surface area contributed by atoms with Crippen LogP contribution in [0, 0.1) is 0 Å². The van der Waals surface area contributed by atoms with E-state index in [9.17, 15) is 26.4 Å². The van der Waals surface area contributed by atoms with Crippen molar-refractivity contribution in [2.24, 2.45) is 4.99 Å². The highest BCUT2D eigenvalue weighted by molar-refractivity contribution is 7.90. The number of unbranched alkanes of at least 4 members (excludes halogenated alkanes) is 1. The lowest BCUT2D eigenvalue weighted by molar-refractivity contribution is -0.137. The first-order chi connectivity index (χ1) is 15.6. The van der Waals surface area contributed by atoms with E-state index in [-0.39, 0.29) is 29.6 Å². The number of sulfonamides is 1. The maximum absolute atomic E-state index is 13.1. The molecule has 1 atom stereocenters. The lowest BCUT2D eigenvalue weighted by atomic mass is 10.1. The monoisotopic (exact) mass is 483 g/mol. The summed E-state index contributed by atoms with van der Waals surface area (Å²) in [5.74, 6) is -0.666. The molecule has 3 rings (SSSR count). The predicted octanol–water partition coefficient (Wildman–Crippen LogP) is 2.93. The molecule has 1 aromatic heterocycles. The number of rotatable bonds is 9. The number of amides is 1. The van der Waals surface area contributed by atoms with E-state index in [0.29, 0.717) is 18.4 Å². The van der Waals surface area contributed by atoms with Crippen molar-refractivity contribution >= 4 is 27.6 Å². The number of hydrogen-bond donors (Lipinski definition) is 3. The van der Waals surface area contributed by atoms with E-state index in [0.717, 1.165) is 12.5 Å². The van der Waals surface area contributed by atoms with Gasteiger partial charge < -0.3 is 10.6 Å². The summed E-state index contributed by atoms with van der Waals surface area (Å²) in [4.78, 5) is 20.9. The molecule has 0 radical (unpaired) electrons. The highest BCUT2D eigenvalue weighted by atomic mass is 32.2. The Balaban J connectivity index is 1.66. The number of aromatic nitrogens is 1. The number of fused-ring (bicyclic) bond motifs is 1. The molecule has 8 nitrogen and oxygen atoms in total. The van der Waals surface area contributed by atoms with Gasteiger partial charge in [-0.15, -0.1) is 0 Å². The van der Waals surface area contributed by atoms with Gasteiger partial charge in [-0.2, -0.15) is 13.2 Å². The molecule has 1 aliphatic rings. The van der Waals surface area contributed by atoms with Crippen molar-refractivity contribution in [3.63, 3.8) is 0 Å². The van der Waals surface area contributed by atoms with Crippen molar-refractivity contribution in [3.8, 4) is 0 Å². The fourth-order valence-electron chi connectivity index (χ4n) is 3.30. The van der Waals surface area contributed by atoms with Crippen LogP contribution in [0.1, 0.15) is 37.3 Å². The van der Waals surface area contributed by atoms with Crippen LogP contribution in [0.25, 0.3) is 0 Å². The number of benzene rings is 1. The van der Waals surface area contributed by atoms with Gasteiger partial charge in [0.05, 0.1) is 10.5 Å². The maximum atomic E-state index is 13.1. The highest BCUT2D eigenvalue weighted by Gasteiger charge is 2.34. The molecule has 2 heterocycles. The number of carbonyl (C=O) groups excluding carboxylic acids is 1. The van der Waals surface area contributed by atoms with Gasteiger partial charge in [0, 0.05) is 24.8 Å². The van der Waals surface area contributed by atoms with Crippen molar-refractivity contribution in [2.75, 3.05) is 18.4 Å². The SMILES string of the molecule is CCCCC(N=C1NS(=O)(=O)c2ccccc21)C(=O)NCCNc1ncccc1C(F)(F)F. The molecule has 12 heteroatoms. The summed E-state index contributed by atoms with van der Waals surface area (Å²) in [7, 11) is -3.74. The second-order valence-corrected chi connectivity index (χ2v) is 9.00. The molecule has 2 aromatic rings. The van der Waals surface area contributed by atoms with E-state index >= 15 is 0 Å². The first-order valence-corrected chi connectivity index (χ1v) is 11.9. The van der Waals surface area contributed by atoms with Crippen molar-refractivity contribution in [1.82, 2.24) is 15.0 Å². The molecule has 0 fully saturated rings. The number of carbonyl (C=O) groups is 1. The number of pyridine rings is 1. The summed E-state index contributed by atoms with van der Waals surface area (Å²) in [6.45, 7) is 1.99. The fraction of sp³-hybridized carbons (Fsp3) is 0.381. The van der Waals surface area contributed by atoms with Crippen LogP contribution in [0.5, 0.6) is 0 Å². The number of hydrogen-bond acceptors (Lipinski definition) is 6. The van der Waals surface area contributed by atoms with Gasteiger partial charge in [0.1, 0.15) is 17.7 Å². The molecule has 3 N–H and O–H groups in total. The van der Waals surface area contributed by atoms with Gasteiger partial charge in [0.15, 0.2) is 0 Å². The normalized spacial score (nSPS) is 16.7. The minimum absolute atomic E-state index is 0.0123. The third-order valence-electron chi connectivity index (χ3n) is 4.91. The zero-order valence-corrected chi connectivity index (χ0v) is 18.6. The minimum atomic E-state index is -4.55. The van der Waals surface area contributed by atoms with Crippen LogP contribution < -0.4 is 15.4 Å². The van der Waals surface area contributed by atoms with E-state index in [1.807, 2.05) is 6.92 Å². The number of amidine groups is 1. The van der Waals surface area contributed by atoms with Gasteiger partial charge in [-0.05, 0) is 30.7 Å². The number of nitrogens with one attached hydrogen (secondary N) is 3. The van der Waals surface area contributed by atoms with E-state index in [1.165, 1.54) is 18.3 Å². The number of alkyl halides is 3. The lowest BCUT2D eigenvalue weighted by Crippen LogP contribution is -2.38. The van der Waals surface area contributed by atoms with E-state index in [1.54, 1.807) is 18.2 Å². The summed E-state index contributed by atoms with van der Waals surface area (Å²) in [5.41, 5.74) is -0.501. The zero-order valence-electron chi connectivity index (χ0n) is 17.8. The largest absolute Gasteiger partial charge is 0.419 e. The van der Waals surface area contributed by atoms with E-state index < -0.39 is 33.7 Å². The molecule has 0 saturated heterocycles. The molecular weight excluding hydrogens is 459 g/mol. The van der Waals surface area contributed by atoms with Crippen molar-refractivity contribution in [1.29, 1.82) is 0 Å². The van der Waals surface area contributed by atoms with Gasteiger partial charge in [0.2, 0.25) is 5.91 Å². The molecule has 0 aliphatic carbocycles. The first-order valence-electron chi connectivity index (χ1n) is 10.4. The topological polar surface area (TPSA) is 113 Å². The second-order valence-electron chi connectivity index (χ2n) is 7.35. The Morgan fingerprint density at radius 2 is 1.94 bits per heavy atom. The van der Waals surface area contributed by atoms with Crippen LogP contribution in [-0.2, 0) is 21.0 Å². The van der Waals surface area contributed by atoms with E-state index in [4.69, 9.17) is 0 Å². The van der Waals surface area contributed by atoms with Gasteiger partial charge in [-0.25, -0.2) is 13.4 Å². The van der Waals surface area contributed by atoms with Crippen molar-refractivity contribution < 1.29 is 26.4 Å². The first kappa shape index (κ1) is 24.5. The molecule has 33 heavy (non-hydrogen) atoms. The van der Waals surface area contributed by atoms with Crippen molar-refractivity contribution in [3.05, 3.63) is 53.7 Å². The van der Waals surface area contributed by atoms with Crippen molar-refractivity contribution in [2.45, 2.75) is 43.3 Å². The smallest absolute Gasteiger partial charge is 0.368 e. The van der Waals surface area contributed by atoms with Crippen LogP contribution in [0.4, 0.5) is 19.0 Å². The van der Waals surface area contributed by atoms with Crippen LogP contribution in [0.15, 0.2) is 52.5 Å². The predicted molar refractivity (Wildman–Crippen MR) is 117 cm³/mol. The third-order valence-corrected chi connectivity index (χ3v) is 6.31. The van der Waals surface area contributed by atoms with Gasteiger partial charge in [-0.1, -0.05) is 31.9 Å². The molecule has 1 unspecified atom stereocenters. The molecule has 178 valence electrons. The summed E-state index contributed by atoms with van der Waals surface area (Å²) in [5, 5.41) is 5.22.